The third-order valence-corrected chi connectivity index (χ3v) is 3.17. The van der Waals surface area contributed by atoms with Gasteiger partial charge < -0.3 is 10.3 Å². The molecule has 0 bridgehead atoms. The van der Waals surface area contributed by atoms with Gasteiger partial charge in [-0.3, -0.25) is 4.79 Å². The Labute approximate surface area is 111 Å². The molecule has 3 heterocycles. The summed E-state index contributed by atoms with van der Waals surface area (Å²) in [5, 5.41) is 0. The number of aromatic nitrogens is 2. The van der Waals surface area contributed by atoms with E-state index >= 15 is 0 Å². The molecular formula is C15H13N3O. The van der Waals surface area contributed by atoms with Crippen molar-refractivity contribution < 1.29 is 4.79 Å². The highest BCUT2D eigenvalue weighted by Gasteiger charge is 2.27. The Bertz CT molecular complexity index is 718. The summed E-state index contributed by atoms with van der Waals surface area (Å²) in [6.07, 6.45) is 1.91. The second-order valence-corrected chi connectivity index (χ2v) is 4.73. The fourth-order valence-corrected chi connectivity index (χ4v) is 2.22. The van der Waals surface area contributed by atoms with E-state index in [-0.39, 0.29) is 11.7 Å². The molecular weight excluding hydrogens is 238 g/mol. The molecule has 0 aromatic carbocycles. The molecule has 3 rings (SSSR count). The lowest BCUT2D eigenvalue weighted by Crippen LogP contribution is -2.03. The van der Waals surface area contributed by atoms with Crippen LogP contribution in [0.2, 0.25) is 0 Å². The van der Waals surface area contributed by atoms with Gasteiger partial charge in [0.15, 0.2) is 5.78 Å². The highest BCUT2D eigenvalue weighted by atomic mass is 16.1. The number of fused-ring (bicyclic) bond motifs is 1. The summed E-state index contributed by atoms with van der Waals surface area (Å²) < 4.78 is 1.96. The van der Waals surface area contributed by atoms with Crippen molar-refractivity contribution >= 4 is 11.6 Å². The zero-order valence-electron chi connectivity index (χ0n) is 10.6. The van der Waals surface area contributed by atoms with Crippen molar-refractivity contribution in [2.24, 2.45) is 5.92 Å². The van der Waals surface area contributed by atoms with Gasteiger partial charge in [-0.25, -0.2) is 4.98 Å². The standard InChI is InChI=1S/C15H13N3O/c1-10-8-18-9-11(7-13(18)15(10)19)5-6-12-3-2-4-14(16)17-12/h2-4,7,9-10H,8H2,1H3,(H2,16,17). The number of nitrogens with two attached hydrogens (primary N) is 1. The second-order valence-electron chi connectivity index (χ2n) is 4.73. The largest absolute Gasteiger partial charge is 0.384 e. The van der Waals surface area contributed by atoms with Crippen LogP contribution >= 0.6 is 0 Å². The number of hydrogen-bond acceptors (Lipinski definition) is 3. The number of nitrogens with zero attached hydrogens (tertiary/aromatic N) is 2. The molecule has 1 aliphatic heterocycles. The number of carbonyl (C=O) groups is 1. The molecule has 94 valence electrons. The zero-order valence-corrected chi connectivity index (χ0v) is 10.6. The third kappa shape index (κ3) is 2.11. The smallest absolute Gasteiger partial charge is 0.183 e. The molecule has 2 N–H and O–H groups in total. The molecule has 4 nitrogen and oxygen atoms in total. The van der Waals surface area contributed by atoms with E-state index in [2.05, 4.69) is 16.8 Å². The number of Topliss-reactive ketones (excluding diaryl/α,β-unsaturated/α-hetero) is 1. The van der Waals surface area contributed by atoms with Crippen molar-refractivity contribution in [2.75, 3.05) is 5.73 Å². The van der Waals surface area contributed by atoms with E-state index in [1.165, 1.54) is 0 Å². The molecule has 0 spiro atoms. The Balaban J connectivity index is 1.89. The Morgan fingerprint density at radius 2 is 2.26 bits per heavy atom. The van der Waals surface area contributed by atoms with Crippen LogP contribution < -0.4 is 5.73 Å². The Kier molecular flexibility index (Phi) is 2.60. The van der Waals surface area contributed by atoms with E-state index in [1.54, 1.807) is 12.1 Å². The summed E-state index contributed by atoms with van der Waals surface area (Å²) in [6, 6.07) is 7.18. The van der Waals surface area contributed by atoms with Crippen LogP contribution in [0, 0.1) is 17.8 Å². The Hall–Kier alpha value is -2.54. The van der Waals surface area contributed by atoms with Gasteiger partial charge in [0.2, 0.25) is 0 Å². The van der Waals surface area contributed by atoms with E-state index in [0.29, 0.717) is 11.5 Å². The normalized spacial score (nSPS) is 16.9. The Morgan fingerprint density at radius 1 is 1.42 bits per heavy atom. The molecule has 0 amide bonds. The molecule has 19 heavy (non-hydrogen) atoms. The van der Waals surface area contributed by atoms with Crippen molar-refractivity contribution in [3.8, 4) is 11.8 Å². The number of pyridine rings is 1. The number of rotatable bonds is 0. The van der Waals surface area contributed by atoms with Gasteiger partial charge >= 0.3 is 0 Å². The summed E-state index contributed by atoms with van der Waals surface area (Å²) in [7, 11) is 0. The summed E-state index contributed by atoms with van der Waals surface area (Å²) >= 11 is 0. The Morgan fingerprint density at radius 3 is 3.00 bits per heavy atom. The average Bonchev–Trinajstić information content (AvgIpc) is 2.88. The van der Waals surface area contributed by atoms with Crippen molar-refractivity contribution in [3.05, 3.63) is 47.4 Å². The van der Waals surface area contributed by atoms with Crippen LogP contribution in [0.25, 0.3) is 0 Å². The summed E-state index contributed by atoms with van der Waals surface area (Å²) in [6.45, 7) is 2.68. The lowest BCUT2D eigenvalue weighted by molar-refractivity contribution is 0.0946. The zero-order chi connectivity index (χ0) is 13.4. The highest BCUT2D eigenvalue weighted by Crippen LogP contribution is 2.22. The molecule has 2 aromatic rings. The van der Waals surface area contributed by atoms with Gasteiger partial charge in [-0.15, -0.1) is 0 Å². The van der Waals surface area contributed by atoms with Crippen LogP contribution in [-0.2, 0) is 6.54 Å². The van der Waals surface area contributed by atoms with E-state index in [9.17, 15) is 4.79 Å². The van der Waals surface area contributed by atoms with E-state index in [1.807, 2.05) is 29.8 Å². The van der Waals surface area contributed by atoms with Crippen molar-refractivity contribution in [1.82, 2.24) is 9.55 Å². The lowest BCUT2D eigenvalue weighted by Gasteiger charge is -1.96. The third-order valence-electron chi connectivity index (χ3n) is 3.17. The van der Waals surface area contributed by atoms with Gasteiger partial charge in [0.1, 0.15) is 11.5 Å². The van der Waals surface area contributed by atoms with Crippen LogP contribution in [0.15, 0.2) is 30.5 Å². The van der Waals surface area contributed by atoms with Gasteiger partial charge in [0.25, 0.3) is 0 Å². The van der Waals surface area contributed by atoms with Crippen molar-refractivity contribution in [2.45, 2.75) is 13.5 Å². The maximum atomic E-state index is 11.8. The number of ketones is 1. The molecule has 1 unspecified atom stereocenters. The molecule has 0 fully saturated rings. The second kappa shape index (κ2) is 4.29. The molecule has 0 aliphatic carbocycles. The topological polar surface area (TPSA) is 60.9 Å². The van der Waals surface area contributed by atoms with Crippen LogP contribution in [0.1, 0.15) is 28.7 Å². The minimum atomic E-state index is 0.0765. The maximum absolute atomic E-state index is 11.8. The molecule has 0 radical (unpaired) electrons. The summed E-state index contributed by atoms with van der Waals surface area (Å²) in [5.74, 6) is 6.68. The molecule has 1 atom stereocenters. The summed E-state index contributed by atoms with van der Waals surface area (Å²) in [4.78, 5) is 15.9. The SMILES string of the molecule is CC1Cn2cc(C#Cc3cccc(N)n3)cc2C1=O. The first-order valence-corrected chi connectivity index (χ1v) is 6.12. The van der Waals surface area contributed by atoms with Crippen LogP contribution in [0.5, 0.6) is 0 Å². The van der Waals surface area contributed by atoms with Crippen LogP contribution in [0.3, 0.4) is 0 Å². The van der Waals surface area contributed by atoms with Gasteiger partial charge in [-0.1, -0.05) is 18.9 Å². The predicted octanol–water partition coefficient (Wildman–Crippen LogP) is 1.70. The molecule has 0 saturated heterocycles. The summed E-state index contributed by atoms with van der Waals surface area (Å²) in [5.41, 5.74) is 7.80. The first-order valence-electron chi connectivity index (χ1n) is 6.12. The van der Waals surface area contributed by atoms with Gasteiger partial charge in [-0.05, 0) is 24.1 Å². The highest BCUT2D eigenvalue weighted by molar-refractivity contribution is 5.98. The first kappa shape index (κ1) is 11.5. The number of hydrogen-bond donors (Lipinski definition) is 1. The monoisotopic (exact) mass is 251 g/mol. The fraction of sp³-hybridized carbons (Fsp3) is 0.200. The number of carbonyl (C=O) groups excluding carboxylic acids is 1. The number of nitrogen functional groups attached to an aromatic ring is 1. The molecule has 0 saturated carbocycles. The maximum Gasteiger partial charge on any atom is 0.183 e. The average molecular weight is 251 g/mol. The predicted molar refractivity (Wildman–Crippen MR) is 72.6 cm³/mol. The first-order chi connectivity index (χ1) is 9.13. The van der Waals surface area contributed by atoms with E-state index in [0.717, 1.165) is 17.8 Å². The van der Waals surface area contributed by atoms with Gasteiger partial charge in [0, 0.05) is 24.2 Å². The lowest BCUT2D eigenvalue weighted by atomic mass is 10.1. The van der Waals surface area contributed by atoms with Gasteiger partial charge in [0.05, 0.1) is 5.69 Å². The minimum Gasteiger partial charge on any atom is -0.384 e. The molecule has 4 heteroatoms. The van der Waals surface area contributed by atoms with Crippen LogP contribution in [0.4, 0.5) is 5.82 Å². The van der Waals surface area contributed by atoms with Crippen LogP contribution in [-0.4, -0.2) is 15.3 Å². The van der Waals surface area contributed by atoms with E-state index in [4.69, 9.17) is 5.73 Å². The fourth-order valence-electron chi connectivity index (χ4n) is 2.22. The van der Waals surface area contributed by atoms with Gasteiger partial charge in [-0.2, -0.15) is 0 Å². The number of anilines is 1. The molecule has 1 aliphatic rings. The molecule has 2 aromatic heterocycles. The minimum absolute atomic E-state index is 0.0765. The van der Waals surface area contributed by atoms with E-state index < -0.39 is 0 Å². The van der Waals surface area contributed by atoms with Crippen molar-refractivity contribution in [3.63, 3.8) is 0 Å². The quantitative estimate of drug-likeness (QED) is 0.725. The van der Waals surface area contributed by atoms with Crippen molar-refractivity contribution in [1.29, 1.82) is 0 Å².